The largest absolute Gasteiger partial charge is 0.355 e. The number of nitrogens with two attached hydrogens (primary N) is 1. The van der Waals surface area contributed by atoms with E-state index in [1.807, 2.05) is 6.92 Å². The zero-order valence-corrected chi connectivity index (χ0v) is 11.2. The second kappa shape index (κ2) is 7.67. The fraction of sp³-hybridized carbons (Fsp3) is 0.923. The van der Waals surface area contributed by atoms with Crippen molar-refractivity contribution in [3.05, 3.63) is 0 Å². The van der Waals surface area contributed by atoms with E-state index in [9.17, 15) is 4.79 Å². The van der Waals surface area contributed by atoms with Gasteiger partial charge in [0.25, 0.3) is 0 Å². The molecule has 0 saturated heterocycles. The van der Waals surface area contributed by atoms with Crippen molar-refractivity contribution in [1.29, 1.82) is 0 Å². The summed E-state index contributed by atoms with van der Waals surface area (Å²) in [5.74, 6) is 0.0667. The molecular weight excluding hydrogens is 214 g/mol. The Hall–Kier alpha value is -0.610. The average molecular weight is 241 g/mol. The van der Waals surface area contributed by atoms with E-state index in [4.69, 9.17) is 5.73 Å². The van der Waals surface area contributed by atoms with Crippen molar-refractivity contribution in [3.8, 4) is 0 Å². The van der Waals surface area contributed by atoms with Crippen molar-refractivity contribution in [3.63, 3.8) is 0 Å². The zero-order valence-electron chi connectivity index (χ0n) is 11.2. The number of nitrogens with one attached hydrogen (secondary N) is 1. The number of amides is 1. The van der Waals surface area contributed by atoms with Crippen molar-refractivity contribution in [2.24, 2.45) is 5.73 Å². The van der Waals surface area contributed by atoms with Crippen LogP contribution in [0.5, 0.6) is 0 Å². The predicted octanol–water partition coefficient (Wildman–Crippen LogP) is 1.10. The minimum atomic E-state index is -0.0499. The Morgan fingerprint density at radius 2 is 2.06 bits per heavy atom. The summed E-state index contributed by atoms with van der Waals surface area (Å²) in [6.45, 7) is 3.53. The van der Waals surface area contributed by atoms with Crippen LogP contribution in [0.3, 0.4) is 0 Å². The minimum Gasteiger partial charge on any atom is -0.355 e. The molecule has 1 rings (SSSR count). The fourth-order valence-electron chi connectivity index (χ4n) is 2.44. The van der Waals surface area contributed by atoms with Gasteiger partial charge in [0, 0.05) is 31.6 Å². The van der Waals surface area contributed by atoms with E-state index in [-0.39, 0.29) is 11.9 Å². The van der Waals surface area contributed by atoms with Crippen LogP contribution >= 0.6 is 0 Å². The van der Waals surface area contributed by atoms with Crippen LogP contribution in [0.2, 0.25) is 0 Å². The van der Waals surface area contributed by atoms with Gasteiger partial charge in [-0.3, -0.25) is 4.79 Å². The van der Waals surface area contributed by atoms with Gasteiger partial charge < -0.3 is 16.0 Å². The normalized spacial score (nSPS) is 19.3. The first kappa shape index (κ1) is 14.5. The summed E-state index contributed by atoms with van der Waals surface area (Å²) in [5, 5.41) is 2.92. The molecule has 1 aliphatic carbocycles. The molecule has 1 atom stereocenters. The highest BCUT2D eigenvalue weighted by atomic mass is 16.1. The Morgan fingerprint density at radius 1 is 1.41 bits per heavy atom. The number of hydrogen-bond donors (Lipinski definition) is 2. The molecule has 0 heterocycles. The summed E-state index contributed by atoms with van der Waals surface area (Å²) in [6.07, 6.45) is 7.13. The van der Waals surface area contributed by atoms with Crippen LogP contribution in [0.4, 0.5) is 0 Å². The minimum absolute atomic E-state index is 0.0499. The Morgan fingerprint density at radius 3 is 2.65 bits per heavy atom. The summed E-state index contributed by atoms with van der Waals surface area (Å²) in [5.41, 5.74) is 5.57. The molecule has 0 aromatic carbocycles. The number of nitrogens with zero attached hydrogens (tertiary/aromatic N) is 1. The molecule has 1 aliphatic rings. The second-order valence-electron chi connectivity index (χ2n) is 5.30. The quantitative estimate of drug-likeness (QED) is 0.732. The Labute approximate surface area is 105 Å². The van der Waals surface area contributed by atoms with Crippen LogP contribution in [-0.2, 0) is 4.79 Å². The molecule has 1 saturated carbocycles. The monoisotopic (exact) mass is 241 g/mol. The van der Waals surface area contributed by atoms with Gasteiger partial charge in [0.2, 0.25) is 5.91 Å². The van der Waals surface area contributed by atoms with Crippen LogP contribution in [0.1, 0.15) is 45.4 Å². The van der Waals surface area contributed by atoms with Crippen LogP contribution in [0, 0.1) is 0 Å². The summed E-state index contributed by atoms with van der Waals surface area (Å²) < 4.78 is 0. The molecule has 4 heteroatoms. The molecule has 0 spiro atoms. The third-order valence-electron chi connectivity index (χ3n) is 3.49. The number of carbonyl (C=O) groups is 1. The molecule has 100 valence electrons. The molecule has 0 aliphatic heterocycles. The Balaban J connectivity index is 2.10. The maximum atomic E-state index is 11.4. The molecule has 3 N–H and O–H groups in total. The topological polar surface area (TPSA) is 58.4 Å². The van der Waals surface area contributed by atoms with Crippen molar-refractivity contribution in [2.75, 3.05) is 20.1 Å². The standard InChI is InChI=1S/C13H27N3O/c1-11(14)10-13(17)15-8-9-16(2)12-6-4-3-5-7-12/h11-12H,3-10,14H2,1-2H3,(H,15,17). The van der Waals surface area contributed by atoms with Crippen molar-refractivity contribution in [1.82, 2.24) is 10.2 Å². The molecule has 0 radical (unpaired) electrons. The highest BCUT2D eigenvalue weighted by Crippen LogP contribution is 2.21. The third-order valence-corrected chi connectivity index (χ3v) is 3.49. The van der Waals surface area contributed by atoms with Crippen molar-refractivity contribution in [2.45, 2.75) is 57.5 Å². The van der Waals surface area contributed by atoms with E-state index in [2.05, 4.69) is 17.3 Å². The van der Waals surface area contributed by atoms with E-state index in [0.29, 0.717) is 12.5 Å². The van der Waals surface area contributed by atoms with E-state index in [1.165, 1.54) is 32.1 Å². The average Bonchev–Trinajstić information content (AvgIpc) is 2.29. The number of rotatable bonds is 6. The van der Waals surface area contributed by atoms with Gasteiger partial charge in [-0.05, 0) is 26.8 Å². The van der Waals surface area contributed by atoms with Crippen LogP contribution < -0.4 is 11.1 Å². The molecule has 0 aromatic heterocycles. The van der Waals surface area contributed by atoms with Crippen molar-refractivity contribution < 1.29 is 4.79 Å². The Kier molecular flexibility index (Phi) is 6.52. The predicted molar refractivity (Wildman–Crippen MR) is 70.8 cm³/mol. The number of carbonyl (C=O) groups excluding carboxylic acids is 1. The first-order chi connectivity index (χ1) is 8.09. The summed E-state index contributed by atoms with van der Waals surface area (Å²) in [6, 6.07) is 0.667. The van der Waals surface area contributed by atoms with Gasteiger partial charge in [0.05, 0.1) is 0 Å². The van der Waals surface area contributed by atoms with Crippen LogP contribution in [-0.4, -0.2) is 43.0 Å². The lowest BCUT2D eigenvalue weighted by atomic mass is 9.94. The molecule has 17 heavy (non-hydrogen) atoms. The highest BCUT2D eigenvalue weighted by Gasteiger charge is 2.17. The van der Waals surface area contributed by atoms with E-state index >= 15 is 0 Å². The highest BCUT2D eigenvalue weighted by molar-refractivity contribution is 5.76. The summed E-state index contributed by atoms with van der Waals surface area (Å²) >= 11 is 0. The zero-order chi connectivity index (χ0) is 12.7. The molecule has 4 nitrogen and oxygen atoms in total. The molecule has 0 bridgehead atoms. The number of likely N-dealkylation sites (N-methyl/N-ethyl adjacent to an activating group) is 1. The number of hydrogen-bond acceptors (Lipinski definition) is 3. The van der Waals surface area contributed by atoms with E-state index in [0.717, 1.165) is 13.1 Å². The van der Waals surface area contributed by atoms with Crippen molar-refractivity contribution >= 4 is 5.91 Å². The first-order valence-electron chi connectivity index (χ1n) is 6.82. The maximum absolute atomic E-state index is 11.4. The fourth-order valence-corrected chi connectivity index (χ4v) is 2.44. The van der Waals surface area contributed by atoms with E-state index in [1.54, 1.807) is 0 Å². The first-order valence-corrected chi connectivity index (χ1v) is 6.82. The van der Waals surface area contributed by atoms with Gasteiger partial charge in [-0.1, -0.05) is 19.3 Å². The Bertz CT molecular complexity index is 225. The lowest BCUT2D eigenvalue weighted by molar-refractivity contribution is -0.121. The van der Waals surface area contributed by atoms with E-state index < -0.39 is 0 Å². The third kappa shape index (κ3) is 6.03. The molecule has 1 fully saturated rings. The van der Waals surface area contributed by atoms with Crippen LogP contribution in [0.25, 0.3) is 0 Å². The van der Waals surface area contributed by atoms with Gasteiger partial charge in [-0.25, -0.2) is 0 Å². The SMILES string of the molecule is CC(N)CC(=O)NCCN(C)C1CCCCC1. The lowest BCUT2D eigenvalue weighted by Gasteiger charge is -2.31. The molecule has 0 aromatic rings. The van der Waals surface area contributed by atoms with Gasteiger partial charge in [0.15, 0.2) is 0 Å². The molecule has 1 amide bonds. The molecular formula is C13H27N3O. The molecule has 1 unspecified atom stereocenters. The summed E-state index contributed by atoms with van der Waals surface area (Å²) in [4.78, 5) is 13.8. The van der Waals surface area contributed by atoms with Gasteiger partial charge in [-0.15, -0.1) is 0 Å². The lowest BCUT2D eigenvalue weighted by Crippen LogP contribution is -2.40. The maximum Gasteiger partial charge on any atom is 0.221 e. The van der Waals surface area contributed by atoms with Gasteiger partial charge in [0.1, 0.15) is 0 Å². The van der Waals surface area contributed by atoms with Crippen LogP contribution in [0.15, 0.2) is 0 Å². The second-order valence-corrected chi connectivity index (χ2v) is 5.30. The summed E-state index contributed by atoms with van der Waals surface area (Å²) in [7, 11) is 2.16. The van der Waals surface area contributed by atoms with Gasteiger partial charge >= 0.3 is 0 Å². The van der Waals surface area contributed by atoms with Gasteiger partial charge in [-0.2, -0.15) is 0 Å². The smallest absolute Gasteiger partial charge is 0.221 e.